The molecular weight excluding hydrogens is 202 g/mol. The number of hydrogen-bond donors (Lipinski definition) is 2. The first-order valence-electron chi connectivity index (χ1n) is 6.58. The zero-order valence-electron chi connectivity index (χ0n) is 10.4. The highest BCUT2D eigenvalue weighted by atomic mass is 16.4. The Bertz CT molecular complexity index is 222. The van der Waals surface area contributed by atoms with E-state index in [1.807, 2.05) is 0 Å². The first-order valence-corrected chi connectivity index (χ1v) is 6.58. The lowest BCUT2D eigenvalue weighted by Gasteiger charge is -2.41. The number of carbonyl (C=O) groups is 1. The topological polar surface area (TPSA) is 63.3 Å². The minimum absolute atomic E-state index is 0.0730. The second-order valence-corrected chi connectivity index (χ2v) is 5.24. The van der Waals surface area contributed by atoms with E-state index in [1.54, 1.807) is 0 Å². The van der Waals surface area contributed by atoms with Gasteiger partial charge in [-0.05, 0) is 24.7 Å². The Morgan fingerprint density at radius 2 is 2.00 bits per heavy atom. The van der Waals surface area contributed by atoms with E-state index < -0.39 is 5.97 Å². The molecule has 1 saturated carbocycles. The first-order chi connectivity index (χ1) is 7.60. The summed E-state index contributed by atoms with van der Waals surface area (Å²) in [5.74, 6) is -0.686. The number of carboxylic acids is 1. The Hall–Kier alpha value is -0.570. The van der Waals surface area contributed by atoms with Crippen molar-refractivity contribution >= 4 is 5.97 Å². The Morgan fingerprint density at radius 1 is 1.38 bits per heavy atom. The third-order valence-corrected chi connectivity index (χ3v) is 4.01. The first kappa shape index (κ1) is 13.5. The van der Waals surface area contributed by atoms with Crippen LogP contribution in [0.25, 0.3) is 0 Å². The summed E-state index contributed by atoms with van der Waals surface area (Å²) >= 11 is 0. The molecule has 3 heteroatoms. The molecule has 1 fully saturated rings. The fourth-order valence-electron chi connectivity index (χ4n) is 2.97. The summed E-state index contributed by atoms with van der Waals surface area (Å²) < 4.78 is 0. The minimum atomic E-state index is -0.686. The molecule has 1 atom stereocenters. The Balaban J connectivity index is 2.64. The maximum absolute atomic E-state index is 11.0. The van der Waals surface area contributed by atoms with Crippen molar-refractivity contribution in [2.75, 3.05) is 0 Å². The van der Waals surface area contributed by atoms with Crippen molar-refractivity contribution in [1.82, 2.24) is 0 Å². The van der Waals surface area contributed by atoms with Gasteiger partial charge >= 0.3 is 5.97 Å². The second-order valence-electron chi connectivity index (χ2n) is 5.24. The van der Waals surface area contributed by atoms with Crippen LogP contribution in [0.1, 0.15) is 64.7 Å². The van der Waals surface area contributed by atoms with Crippen molar-refractivity contribution in [1.29, 1.82) is 0 Å². The molecule has 1 aliphatic carbocycles. The van der Waals surface area contributed by atoms with Gasteiger partial charge in [0, 0.05) is 6.04 Å². The molecule has 0 bridgehead atoms. The molecule has 16 heavy (non-hydrogen) atoms. The molecule has 0 amide bonds. The van der Waals surface area contributed by atoms with Gasteiger partial charge in [0.15, 0.2) is 0 Å². The maximum atomic E-state index is 11.0. The summed E-state index contributed by atoms with van der Waals surface area (Å²) in [6, 6.07) is 0.0730. The van der Waals surface area contributed by atoms with Gasteiger partial charge in [0.2, 0.25) is 0 Å². The molecule has 94 valence electrons. The van der Waals surface area contributed by atoms with Crippen molar-refractivity contribution in [3.05, 3.63) is 0 Å². The van der Waals surface area contributed by atoms with Crippen LogP contribution >= 0.6 is 0 Å². The quantitative estimate of drug-likeness (QED) is 0.733. The average Bonchev–Trinajstić information content (AvgIpc) is 2.26. The third kappa shape index (κ3) is 3.48. The lowest BCUT2D eigenvalue weighted by Crippen LogP contribution is -2.44. The molecule has 0 spiro atoms. The fraction of sp³-hybridized carbons (Fsp3) is 0.923. The van der Waals surface area contributed by atoms with Gasteiger partial charge in [-0.1, -0.05) is 39.0 Å². The van der Waals surface area contributed by atoms with E-state index in [9.17, 15) is 4.79 Å². The van der Waals surface area contributed by atoms with E-state index in [2.05, 4.69) is 6.92 Å². The van der Waals surface area contributed by atoms with E-state index in [4.69, 9.17) is 10.8 Å². The highest BCUT2D eigenvalue weighted by Gasteiger charge is 2.39. The molecule has 0 aromatic heterocycles. The molecule has 0 saturated heterocycles. The Labute approximate surface area is 98.4 Å². The molecule has 1 rings (SSSR count). The minimum Gasteiger partial charge on any atom is -0.481 e. The smallest absolute Gasteiger partial charge is 0.303 e. The van der Waals surface area contributed by atoms with Crippen LogP contribution in [-0.2, 0) is 4.79 Å². The molecule has 0 aliphatic heterocycles. The zero-order valence-corrected chi connectivity index (χ0v) is 10.4. The summed E-state index contributed by atoms with van der Waals surface area (Å²) in [6.07, 6.45) is 9.03. The van der Waals surface area contributed by atoms with Crippen LogP contribution in [0.5, 0.6) is 0 Å². The van der Waals surface area contributed by atoms with Crippen molar-refractivity contribution in [3.8, 4) is 0 Å². The normalized spacial score (nSPS) is 21.6. The van der Waals surface area contributed by atoms with Crippen molar-refractivity contribution in [3.63, 3.8) is 0 Å². The number of carboxylic acid groups (broad SMARTS) is 1. The number of nitrogens with two attached hydrogens (primary N) is 1. The van der Waals surface area contributed by atoms with Crippen LogP contribution < -0.4 is 5.73 Å². The van der Waals surface area contributed by atoms with E-state index in [0.29, 0.717) is 0 Å². The highest BCUT2D eigenvalue weighted by molar-refractivity contribution is 5.67. The summed E-state index contributed by atoms with van der Waals surface area (Å²) in [7, 11) is 0. The van der Waals surface area contributed by atoms with Crippen molar-refractivity contribution < 1.29 is 9.90 Å². The van der Waals surface area contributed by atoms with Gasteiger partial charge in [-0.25, -0.2) is 0 Å². The Morgan fingerprint density at radius 3 is 2.50 bits per heavy atom. The zero-order chi connectivity index (χ0) is 12.0. The summed E-state index contributed by atoms with van der Waals surface area (Å²) in [5, 5.41) is 9.05. The molecule has 1 aliphatic rings. The number of unbranched alkanes of at least 4 members (excludes halogenated alkanes) is 1. The van der Waals surface area contributed by atoms with Crippen molar-refractivity contribution in [2.24, 2.45) is 11.1 Å². The molecule has 1 unspecified atom stereocenters. The lowest BCUT2D eigenvalue weighted by atomic mass is 9.66. The Kier molecular flexibility index (Phi) is 5.26. The van der Waals surface area contributed by atoms with Gasteiger partial charge in [-0.3, -0.25) is 4.79 Å². The van der Waals surface area contributed by atoms with Gasteiger partial charge in [-0.15, -0.1) is 0 Å². The molecule has 0 aromatic rings. The standard InChI is InChI=1S/C13H25NO2/c1-2-3-7-11(14)13(10-12(15)16)8-5-4-6-9-13/h11H,2-10,14H2,1H3,(H,15,16). The molecule has 0 radical (unpaired) electrons. The molecule has 3 N–H and O–H groups in total. The monoisotopic (exact) mass is 227 g/mol. The van der Waals surface area contributed by atoms with Crippen LogP contribution in [0.3, 0.4) is 0 Å². The van der Waals surface area contributed by atoms with E-state index in [-0.39, 0.29) is 17.9 Å². The van der Waals surface area contributed by atoms with Gasteiger partial charge < -0.3 is 10.8 Å². The van der Waals surface area contributed by atoms with Crippen LogP contribution in [0.15, 0.2) is 0 Å². The largest absolute Gasteiger partial charge is 0.481 e. The van der Waals surface area contributed by atoms with E-state index >= 15 is 0 Å². The molecule has 0 aromatic carbocycles. The number of rotatable bonds is 6. The van der Waals surface area contributed by atoms with Crippen LogP contribution in [0.4, 0.5) is 0 Å². The summed E-state index contributed by atoms with van der Waals surface area (Å²) in [5.41, 5.74) is 6.14. The predicted molar refractivity (Wildman–Crippen MR) is 65.3 cm³/mol. The molecule has 3 nitrogen and oxygen atoms in total. The summed E-state index contributed by atoms with van der Waals surface area (Å²) in [4.78, 5) is 11.0. The number of hydrogen-bond acceptors (Lipinski definition) is 2. The van der Waals surface area contributed by atoms with E-state index in [0.717, 1.165) is 44.9 Å². The number of aliphatic carboxylic acids is 1. The third-order valence-electron chi connectivity index (χ3n) is 4.01. The van der Waals surface area contributed by atoms with Gasteiger partial charge in [0.05, 0.1) is 6.42 Å². The van der Waals surface area contributed by atoms with Gasteiger partial charge in [0.25, 0.3) is 0 Å². The van der Waals surface area contributed by atoms with Crippen molar-refractivity contribution in [2.45, 2.75) is 70.8 Å². The van der Waals surface area contributed by atoms with Crippen LogP contribution in [0, 0.1) is 5.41 Å². The van der Waals surface area contributed by atoms with Crippen LogP contribution in [0.2, 0.25) is 0 Å². The van der Waals surface area contributed by atoms with Gasteiger partial charge in [-0.2, -0.15) is 0 Å². The maximum Gasteiger partial charge on any atom is 0.303 e. The van der Waals surface area contributed by atoms with Crippen LogP contribution in [-0.4, -0.2) is 17.1 Å². The fourth-order valence-corrected chi connectivity index (χ4v) is 2.97. The van der Waals surface area contributed by atoms with E-state index in [1.165, 1.54) is 6.42 Å². The summed E-state index contributed by atoms with van der Waals surface area (Å²) in [6.45, 7) is 2.15. The predicted octanol–water partition coefficient (Wildman–Crippen LogP) is 2.93. The SMILES string of the molecule is CCCCC(N)C1(CC(=O)O)CCCCC1. The highest BCUT2D eigenvalue weighted by Crippen LogP contribution is 2.42. The van der Waals surface area contributed by atoms with Gasteiger partial charge in [0.1, 0.15) is 0 Å². The molecule has 0 heterocycles. The molecular formula is C13H25NO2. The lowest BCUT2D eigenvalue weighted by molar-refractivity contribution is -0.141. The average molecular weight is 227 g/mol. The second kappa shape index (κ2) is 6.24.